The number of nitrogen functional groups attached to an aromatic ring is 1. The van der Waals surface area contributed by atoms with Crippen molar-refractivity contribution in [2.24, 2.45) is 7.05 Å². The lowest BCUT2D eigenvalue weighted by Crippen LogP contribution is -2.07. The van der Waals surface area contributed by atoms with Crippen LogP contribution in [0.5, 0.6) is 0 Å². The molecule has 0 aliphatic heterocycles. The summed E-state index contributed by atoms with van der Waals surface area (Å²) in [5.41, 5.74) is 6.45. The summed E-state index contributed by atoms with van der Waals surface area (Å²) in [6.07, 6.45) is 3.55. The van der Waals surface area contributed by atoms with E-state index in [0.717, 1.165) is 5.82 Å². The van der Waals surface area contributed by atoms with Crippen LogP contribution >= 0.6 is 0 Å². The zero-order valence-electron chi connectivity index (χ0n) is 8.46. The normalized spacial score (nSPS) is 10.8. The fourth-order valence-corrected chi connectivity index (χ4v) is 1.43. The SMILES string of the molecule is Cn1ccnc1-c1cc(N)n(CCO)n1. The Morgan fingerprint density at radius 3 is 2.93 bits per heavy atom. The van der Waals surface area contributed by atoms with Crippen LogP contribution in [0.25, 0.3) is 11.5 Å². The predicted molar refractivity (Wildman–Crippen MR) is 55.9 cm³/mol. The quantitative estimate of drug-likeness (QED) is 0.733. The molecule has 80 valence electrons. The lowest BCUT2D eigenvalue weighted by Gasteiger charge is -1.99. The molecule has 0 saturated carbocycles. The van der Waals surface area contributed by atoms with Crippen LogP contribution in [0.3, 0.4) is 0 Å². The number of hydrogen-bond donors (Lipinski definition) is 2. The fourth-order valence-electron chi connectivity index (χ4n) is 1.43. The molecule has 0 aliphatic rings. The first-order valence-corrected chi connectivity index (χ1v) is 4.64. The van der Waals surface area contributed by atoms with E-state index >= 15 is 0 Å². The summed E-state index contributed by atoms with van der Waals surface area (Å²) in [5, 5.41) is 13.1. The minimum absolute atomic E-state index is 0.0197. The maximum Gasteiger partial charge on any atom is 0.160 e. The maximum absolute atomic E-state index is 8.80. The number of hydrogen-bond acceptors (Lipinski definition) is 4. The van der Waals surface area contributed by atoms with Gasteiger partial charge in [-0.05, 0) is 0 Å². The summed E-state index contributed by atoms with van der Waals surface area (Å²) in [5.74, 6) is 1.29. The average molecular weight is 207 g/mol. The van der Waals surface area contributed by atoms with Gasteiger partial charge in [-0.2, -0.15) is 5.10 Å². The number of nitrogens with zero attached hydrogens (tertiary/aromatic N) is 4. The van der Waals surface area contributed by atoms with Crippen LogP contribution in [0, 0.1) is 0 Å². The van der Waals surface area contributed by atoms with Gasteiger partial charge >= 0.3 is 0 Å². The van der Waals surface area contributed by atoms with Crippen molar-refractivity contribution in [2.75, 3.05) is 12.3 Å². The lowest BCUT2D eigenvalue weighted by molar-refractivity contribution is 0.270. The van der Waals surface area contributed by atoms with E-state index in [1.54, 1.807) is 16.9 Å². The Kier molecular flexibility index (Phi) is 2.42. The zero-order chi connectivity index (χ0) is 10.8. The first-order valence-electron chi connectivity index (χ1n) is 4.64. The molecule has 6 heteroatoms. The number of imidazole rings is 1. The fraction of sp³-hybridized carbons (Fsp3) is 0.333. The van der Waals surface area contributed by atoms with Crippen molar-refractivity contribution in [2.45, 2.75) is 6.54 Å². The van der Waals surface area contributed by atoms with Crippen molar-refractivity contribution in [3.63, 3.8) is 0 Å². The Labute approximate surface area is 87.0 Å². The molecule has 0 amide bonds. The van der Waals surface area contributed by atoms with Crippen molar-refractivity contribution in [3.8, 4) is 11.5 Å². The van der Waals surface area contributed by atoms with E-state index in [1.807, 2.05) is 17.8 Å². The highest BCUT2D eigenvalue weighted by molar-refractivity contribution is 5.54. The molecule has 6 nitrogen and oxygen atoms in total. The van der Waals surface area contributed by atoms with Crippen LogP contribution in [0.4, 0.5) is 5.82 Å². The van der Waals surface area contributed by atoms with Crippen LogP contribution in [-0.4, -0.2) is 31.0 Å². The van der Waals surface area contributed by atoms with Gasteiger partial charge < -0.3 is 15.4 Å². The van der Waals surface area contributed by atoms with Gasteiger partial charge in [0.15, 0.2) is 5.82 Å². The number of aromatic nitrogens is 4. The van der Waals surface area contributed by atoms with E-state index in [0.29, 0.717) is 18.1 Å². The summed E-state index contributed by atoms with van der Waals surface area (Å²) in [6, 6.07) is 1.75. The number of aliphatic hydroxyl groups is 1. The third kappa shape index (κ3) is 1.71. The van der Waals surface area contributed by atoms with Gasteiger partial charge in [0.25, 0.3) is 0 Å². The third-order valence-electron chi connectivity index (χ3n) is 2.17. The zero-order valence-corrected chi connectivity index (χ0v) is 8.46. The van der Waals surface area contributed by atoms with Gasteiger partial charge in [0.1, 0.15) is 11.5 Å². The molecule has 0 atom stereocenters. The number of rotatable bonds is 3. The number of nitrogens with two attached hydrogens (primary N) is 1. The molecule has 0 aliphatic carbocycles. The van der Waals surface area contributed by atoms with Gasteiger partial charge in [0.2, 0.25) is 0 Å². The predicted octanol–water partition coefficient (Wildman–Crippen LogP) is -0.142. The Morgan fingerprint density at radius 1 is 1.53 bits per heavy atom. The van der Waals surface area contributed by atoms with Crippen LogP contribution in [0.1, 0.15) is 0 Å². The van der Waals surface area contributed by atoms with Gasteiger partial charge in [-0.1, -0.05) is 0 Å². The minimum atomic E-state index is 0.0197. The number of anilines is 1. The van der Waals surface area contributed by atoms with E-state index in [9.17, 15) is 0 Å². The highest BCUT2D eigenvalue weighted by Gasteiger charge is 2.10. The third-order valence-corrected chi connectivity index (χ3v) is 2.17. The summed E-state index contributed by atoms with van der Waals surface area (Å²) >= 11 is 0. The number of aliphatic hydroxyl groups excluding tert-OH is 1. The second-order valence-electron chi connectivity index (χ2n) is 3.26. The second-order valence-corrected chi connectivity index (χ2v) is 3.26. The molecule has 0 aromatic carbocycles. The molecule has 0 saturated heterocycles. The second kappa shape index (κ2) is 3.74. The van der Waals surface area contributed by atoms with Crippen LogP contribution in [0.2, 0.25) is 0 Å². The van der Waals surface area contributed by atoms with E-state index in [2.05, 4.69) is 10.1 Å². The molecule has 2 heterocycles. The van der Waals surface area contributed by atoms with Crippen LogP contribution < -0.4 is 5.73 Å². The molecule has 15 heavy (non-hydrogen) atoms. The lowest BCUT2D eigenvalue weighted by atomic mass is 10.4. The maximum atomic E-state index is 8.80. The van der Waals surface area contributed by atoms with E-state index in [-0.39, 0.29) is 6.61 Å². The van der Waals surface area contributed by atoms with Crippen molar-refractivity contribution in [3.05, 3.63) is 18.5 Å². The largest absolute Gasteiger partial charge is 0.394 e. The molecule has 0 bridgehead atoms. The van der Waals surface area contributed by atoms with Gasteiger partial charge in [0.05, 0.1) is 13.2 Å². The highest BCUT2D eigenvalue weighted by Crippen LogP contribution is 2.17. The van der Waals surface area contributed by atoms with E-state index in [4.69, 9.17) is 10.8 Å². The minimum Gasteiger partial charge on any atom is -0.394 e. The van der Waals surface area contributed by atoms with Crippen molar-refractivity contribution < 1.29 is 5.11 Å². The topological polar surface area (TPSA) is 81.9 Å². The summed E-state index contributed by atoms with van der Waals surface area (Å²) in [6.45, 7) is 0.419. The van der Waals surface area contributed by atoms with Gasteiger partial charge in [-0.25, -0.2) is 9.67 Å². The molecule has 2 aromatic rings. The summed E-state index contributed by atoms with van der Waals surface area (Å²) in [4.78, 5) is 4.17. The molecule has 0 radical (unpaired) electrons. The Morgan fingerprint density at radius 2 is 2.33 bits per heavy atom. The van der Waals surface area contributed by atoms with E-state index in [1.165, 1.54) is 0 Å². The molecule has 0 unspecified atom stereocenters. The standard InChI is InChI=1S/C9H13N5O/c1-13-3-2-11-9(13)7-6-8(10)14(12-7)4-5-15/h2-3,6,15H,4-5,10H2,1H3. The molecule has 2 rings (SSSR count). The first-order chi connectivity index (χ1) is 7.22. The molecule has 0 spiro atoms. The smallest absolute Gasteiger partial charge is 0.160 e. The van der Waals surface area contributed by atoms with Crippen LogP contribution in [0.15, 0.2) is 18.5 Å². The van der Waals surface area contributed by atoms with Gasteiger partial charge in [-0.3, -0.25) is 0 Å². The summed E-state index contributed by atoms with van der Waals surface area (Å²) in [7, 11) is 1.89. The molecular formula is C9H13N5O. The van der Waals surface area contributed by atoms with Crippen molar-refractivity contribution in [1.29, 1.82) is 0 Å². The average Bonchev–Trinajstić information content (AvgIpc) is 2.75. The number of aryl methyl sites for hydroxylation is 1. The van der Waals surface area contributed by atoms with Gasteiger partial charge in [0, 0.05) is 25.5 Å². The van der Waals surface area contributed by atoms with Crippen molar-refractivity contribution >= 4 is 5.82 Å². The molecule has 0 fully saturated rings. The Bertz CT molecular complexity index is 459. The highest BCUT2D eigenvalue weighted by atomic mass is 16.3. The molecule has 3 N–H and O–H groups in total. The van der Waals surface area contributed by atoms with E-state index < -0.39 is 0 Å². The molecule has 2 aromatic heterocycles. The Balaban J connectivity index is 2.38. The van der Waals surface area contributed by atoms with Crippen molar-refractivity contribution in [1.82, 2.24) is 19.3 Å². The first kappa shape index (κ1) is 9.72. The molecular weight excluding hydrogens is 194 g/mol. The monoisotopic (exact) mass is 207 g/mol. The van der Waals surface area contributed by atoms with Crippen LogP contribution in [-0.2, 0) is 13.6 Å². The summed E-state index contributed by atoms with van der Waals surface area (Å²) < 4.78 is 3.43. The Hall–Kier alpha value is -1.82. The van der Waals surface area contributed by atoms with Gasteiger partial charge in [-0.15, -0.1) is 0 Å².